The Labute approximate surface area is 121 Å². The van der Waals surface area contributed by atoms with E-state index in [2.05, 4.69) is 16.4 Å². The lowest BCUT2D eigenvalue weighted by Crippen LogP contribution is -2.33. The fraction of sp³-hybridized carbons (Fsp3) is 0.571. The molecule has 1 saturated heterocycles. The van der Waals surface area contributed by atoms with Crippen molar-refractivity contribution < 1.29 is 13.2 Å². The van der Waals surface area contributed by atoms with Crippen LogP contribution in [0.4, 0.5) is 19.0 Å². The van der Waals surface area contributed by atoms with Gasteiger partial charge in [-0.15, -0.1) is 0 Å². The first-order valence-corrected chi connectivity index (χ1v) is 6.77. The first kappa shape index (κ1) is 15.6. The molecular formula is C14H17F3N4. The molecule has 21 heavy (non-hydrogen) atoms. The third-order valence-corrected chi connectivity index (χ3v) is 3.60. The second kappa shape index (κ2) is 6.31. The van der Waals surface area contributed by atoms with Crippen molar-refractivity contribution in [3.05, 3.63) is 23.4 Å². The Balaban J connectivity index is 1.88. The van der Waals surface area contributed by atoms with E-state index < -0.39 is 12.7 Å². The molecule has 0 spiro atoms. The molecule has 0 aliphatic carbocycles. The fourth-order valence-electron chi connectivity index (χ4n) is 2.55. The van der Waals surface area contributed by atoms with Gasteiger partial charge in [-0.1, -0.05) is 0 Å². The zero-order chi connectivity index (χ0) is 15.5. The van der Waals surface area contributed by atoms with E-state index in [9.17, 15) is 13.2 Å². The van der Waals surface area contributed by atoms with Gasteiger partial charge in [0.05, 0.1) is 12.1 Å². The smallest absolute Gasteiger partial charge is 0.369 e. The van der Waals surface area contributed by atoms with Crippen molar-refractivity contribution in [2.24, 2.45) is 5.92 Å². The van der Waals surface area contributed by atoms with Crippen LogP contribution in [0, 0.1) is 24.2 Å². The van der Waals surface area contributed by atoms with Crippen LogP contribution >= 0.6 is 0 Å². The number of likely N-dealkylation sites (tertiary alicyclic amines) is 1. The molecule has 0 saturated carbocycles. The number of pyridine rings is 1. The van der Waals surface area contributed by atoms with Gasteiger partial charge in [0, 0.05) is 19.3 Å². The van der Waals surface area contributed by atoms with Gasteiger partial charge in [-0.25, -0.2) is 4.98 Å². The lowest BCUT2D eigenvalue weighted by molar-refractivity contribution is -0.143. The molecule has 1 aromatic rings. The van der Waals surface area contributed by atoms with Crippen LogP contribution in [0.15, 0.2) is 12.3 Å². The van der Waals surface area contributed by atoms with Crippen molar-refractivity contribution in [3.8, 4) is 6.07 Å². The zero-order valence-electron chi connectivity index (χ0n) is 11.7. The summed E-state index contributed by atoms with van der Waals surface area (Å²) in [7, 11) is 0. The Hall–Kier alpha value is -1.81. The fourth-order valence-corrected chi connectivity index (χ4v) is 2.55. The molecule has 0 radical (unpaired) electrons. The van der Waals surface area contributed by atoms with Gasteiger partial charge >= 0.3 is 6.18 Å². The maximum Gasteiger partial charge on any atom is 0.401 e. The van der Waals surface area contributed by atoms with Crippen molar-refractivity contribution in [1.82, 2.24) is 9.88 Å². The van der Waals surface area contributed by atoms with Gasteiger partial charge in [0.15, 0.2) is 0 Å². The predicted octanol–water partition coefficient (Wildman–Crippen LogP) is 2.56. The number of hydrogen-bond acceptors (Lipinski definition) is 4. The molecule has 1 aliphatic heterocycles. The van der Waals surface area contributed by atoms with Crippen LogP contribution in [-0.2, 0) is 0 Å². The van der Waals surface area contributed by atoms with Gasteiger partial charge in [-0.2, -0.15) is 18.4 Å². The first-order chi connectivity index (χ1) is 9.89. The molecule has 1 fully saturated rings. The number of nitrogens with one attached hydrogen (secondary N) is 1. The van der Waals surface area contributed by atoms with E-state index in [1.807, 2.05) is 6.92 Å². The maximum absolute atomic E-state index is 12.3. The molecule has 1 N–H and O–H groups in total. The Kier molecular flexibility index (Phi) is 4.68. The summed E-state index contributed by atoms with van der Waals surface area (Å²) in [4.78, 5) is 5.54. The highest BCUT2D eigenvalue weighted by molar-refractivity contribution is 5.55. The molecule has 0 bridgehead atoms. The summed E-state index contributed by atoms with van der Waals surface area (Å²) >= 11 is 0. The number of aromatic nitrogens is 1. The highest BCUT2D eigenvalue weighted by Crippen LogP contribution is 2.23. The molecule has 0 amide bonds. The summed E-state index contributed by atoms with van der Waals surface area (Å²) in [5.74, 6) is 0.646. The van der Waals surface area contributed by atoms with E-state index in [4.69, 9.17) is 5.26 Å². The molecule has 0 aromatic carbocycles. The van der Waals surface area contributed by atoms with Crippen LogP contribution < -0.4 is 5.32 Å². The van der Waals surface area contributed by atoms with E-state index in [1.165, 1.54) is 4.90 Å². The normalized spacial score (nSPS) is 19.5. The number of hydrogen-bond donors (Lipinski definition) is 1. The largest absolute Gasteiger partial charge is 0.401 e. The number of nitriles is 1. The van der Waals surface area contributed by atoms with Crippen molar-refractivity contribution in [3.63, 3.8) is 0 Å². The molecule has 114 valence electrons. The lowest BCUT2D eigenvalue weighted by Gasteiger charge is -2.18. The monoisotopic (exact) mass is 298 g/mol. The second-order valence-corrected chi connectivity index (χ2v) is 5.35. The van der Waals surface area contributed by atoms with Crippen molar-refractivity contribution in [2.75, 3.05) is 31.5 Å². The minimum atomic E-state index is -4.14. The second-order valence-electron chi connectivity index (χ2n) is 5.35. The molecule has 7 heteroatoms. The van der Waals surface area contributed by atoms with E-state index in [1.54, 1.807) is 12.3 Å². The number of halogens is 3. The average molecular weight is 298 g/mol. The van der Waals surface area contributed by atoms with Crippen molar-refractivity contribution in [2.45, 2.75) is 19.5 Å². The predicted molar refractivity (Wildman–Crippen MR) is 72.8 cm³/mol. The summed E-state index contributed by atoms with van der Waals surface area (Å²) in [6.07, 6.45) is -1.81. The van der Waals surface area contributed by atoms with Crippen LogP contribution in [0.25, 0.3) is 0 Å². The summed E-state index contributed by atoms with van der Waals surface area (Å²) < 4.78 is 37.0. The maximum atomic E-state index is 12.3. The molecule has 4 nitrogen and oxygen atoms in total. The summed E-state index contributed by atoms with van der Waals surface area (Å²) in [6.45, 7) is 2.37. The highest BCUT2D eigenvalue weighted by atomic mass is 19.4. The van der Waals surface area contributed by atoms with Crippen molar-refractivity contribution in [1.29, 1.82) is 5.26 Å². The Morgan fingerprint density at radius 2 is 2.29 bits per heavy atom. The van der Waals surface area contributed by atoms with Gasteiger partial charge in [0.1, 0.15) is 11.9 Å². The van der Waals surface area contributed by atoms with E-state index >= 15 is 0 Å². The van der Waals surface area contributed by atoms with E-state index in [-0.39, 0.29) is 5.92 Å². The molecular weight excluding hydrogens is 281 g/mol. The average Bonchev–Trinajstić information content (AvgIpc) is 2.81. The molecule has 1 aliphatic rings. The molecule has 2 heterocycles. The minimum absolute atomic E-state index is 0.140. The Morgan fingerprint density at radius 3 is 2.95 bits per heavy atom. The van der Waals surface area contributed by atoms with Crippen molar-refractivity contribution >= 4 is 5.82 Å². The summed E-state index contributed by atoms with van der Waals surface area (Å²) in [5.41, 5.74) is 1.32. The van der Waals surface area contributed by atoms with Gasteiger partial charge in [0.25, 0.3) is 0 Å². The first-order valence-electron chi connectivity index (χ1n) is 6.77. The van der Waals surface area contributed by atoms with E-state index in [0.29, 0.717) is 31.0 Å². The topological polar surface area (TPSA) is 52.0 Å². The molecule has 1 unspecified atom stereocenters. The van der Waals surface area contributed by atoms with Gasteiger partial charge < -0.3 is 5.32 Å². The minimum Gasteiger partial charge on any atom is -0.369 e. The summed E-state index contributed by atoms with van der Waals surface area (Å²) in [5, 5.41) is 12.2. The number of rotatable bonds is 4. The summed E-state index contributed by atoms with van der Waals surface area (Å²) in [6, 6.07) is 3.85. The Bertz CT molecular complexity index is 536. The lowest BCUT2D eigenvalue weighted by atomic mass is 10.1. The quantitative estimate of drug-likeness (QED) is 0.928. The molecule has 2 rings (SSSR count). The van der Waals surface area contributed by atoms with Gasteiger partial charge in [-0.05, 0) is 37.4 Å². The molecule has 1 aromatic heterocycles. The molecule has 1 atom stereocenters. The number of anilines is 1. The van der Waals surface area contributed by atoms with Crippen LogP contribution in [-0.4, -0.2) is 42.2 Å². The van der Waals surface area contributed by atoms with E-state index in [0.717, 1.165) is 12.0 Å². The number of alkyl halides is 3. The van der Waals surface area contributed by atoms with Crippen LogP contribution in [0.2, 0.25) is 0 Å². The van der Waals surface area contributed by atoms with Gasteiger partial charge in [-0.3, -0.25) is 4.90 Å². The third-order valence-electron chi connectivity index (χ3n) is 3.60. The van der Waals surface area contributed by atoms with Crippen LogP contribution in [0.1, 0.15) is 17.5 Å². The highest BCUT2D eigenvalue weighted by Gasteiger charge is 2.34. The third kappa shape index (κ3) is 4.33. The van der Waals surface area contributed by atoms with Gasteiger partial charge in [0.2, 0.25) is 0 Å². The zero-order valence-corrected chi connectivity index (χ0v) is 11.7. The number of nitrogens with zero attached hydrogens (tertiary/aromatic N) is 3. The SMILES string of the molecule is Cc1ccnc(NCC2CCN(CC(F)(F)F)C2)c1C#N. The standard InChI is InChI=1S/C14H17F3N4/c1-10-2-4-19-13(12(10)6-18)20-7-11-3-5-21(8-11)9-14(15,16)17/h2,4,11H,3,5,7-9H2,1H3,(H,19,20). The Morgan fingerprint density at radius 1 is 1.52 bits per heavy atom. The number of aryl methyl sites for hydroxylation is 1. The van der Waals surface area contributed by atoms with Crippen LogP contribution in [0.5, 0.6) is 0 Å². The van der Waals surface area contributed by atoms with Crippen LogP contribution in [0.3, 0.4) is 0 Å².